The van der Waals surface area contributed by atoms with Crippen LogP contribution in [0.5, 0.6) is 5.75 Å². The number of hydrogen-bond donors (Lipinski definition) is 2. The van der Waals surface area contributed by atoms with Crippen molar-refractivity contribution in [2.45, 2.75) is 30.4 Å². The molecule has 8 heteroatoms. The second-order valence-electron chi connectivity index (χ2n) is 4.82. The van der Waals surface area contributed by atoms with Gasteiger partial charge >= 0.3 is 5.97 Å². The number of methoxy groups -OCH3 is 1. The minimum Gasteiger partial charge on any atom is -0.478 e. The lowest BCUT2D eigenvalue weighted by molar-refractivity contribution is -0.144. The summed E-state index contributed by atoms with van der Waals surface area (Å²) in [6, 6.07) is 4.31. The number of rotatable bonds is 6. The fourth-order valence-electron chi connectivity index (χ4n) is 1.92. The normalized spacial score (nSPS) is 18.9. The van der Waals surface area contributed by atoms with Crippen molar-refractivity contribution in [3.63, 3.8) is 0 Å². The van der Waals surface area contributed by atoms with Gasteiger partial charge < -0.3 is 14.6 Å². The van der Waals surface area contributed by atoms with Gasteiger partial charge in [-0.15, -0.1) is 0 Å². The first kappa shape index (κ1) is 15.7. The summed E-state index contributed by atoms with van der Waals surface area (Å²) in [6.07, 6.45) is -1.05. The Labute approximate surface area is 122 Å². The predicted octanol–water partition coefficient (Wildman–Crippen LogP) is 0.388. The first-order chi connectivity index (χ1) is 9.83. The number of fused-ring (bicyclic) bond motifs is 1. The molecule has 0 amide bonds. The van der Waals surface area contributed by atoms with Gasteiger partial charge in [-0.1, -0.05) is 0 Å². The third-order valence-electron chi connectivity index (χ3n) is 3.26. The number of nitrogens with one attached hydrogen (secondary N) is 1. The number of ether oxygens (including phenoxy) is 2. The molecule has 2 N–H and O–H groups in total. The van der Waals surface area contributed by atoms with Gasteiger partial charge in [-0.05, 0) is 30.7 Å². The molecule has 0 radical (unpaired) electrons. The lowest BCUT2D eigenvalue weighted by Gasteiger charge is -2.11. The maximum absolute atomic E-state index is 12.1. The SMILES string of the molecule is CO[C@@H](C)CNS(=O)(=O)c1ccc2c(c1)CC(C(=O)O)O2. The quantitative estimate of drug-likeness (QED) is 0.787. The number of carboxylic acid groups (broad SMARTS) is 1. The van der Waals surface area contributed by atoms with Gasteiger partial charge in [-0.25, -0.2) is 17.9 Å². The molecule has 1 heterocycles. The Morgan fingerprint density at radius 2 is 2.29 bits per heavy atom. The van der Waals surface area contributed by atoms with Gasteiger partial charge in [0.25, 0.3) is 0 Å². The van der Waals surface area contributed by atoms with E-state index in [9.17, 15) is 13.2 Å². The summed E-state index contributed by atoms with van der Waals surface area (Å²) in [5.41, 5.74) is 0.574. The van der Waals surface area contributed by atoms with Crippen LogP contribution in [0.2, 0.25) is 0 Å². The topological polar surface area (TPSA) is 102 Å². The van der Waals surface area contributed by atoms with Crippen LogP contribution in [0.3, 0.4) is 0 Å². The Bertz CT molecular complexity index is 642. The zero-order valence-corrected chi connectivity index (χ0v) is 12.5. The monoisotopic (exact) mass is 315 g/mol. The highest BCUT2D eigenvalue weighted by Crippen LogP contribution is 2.30. The van der Waals surface area contributed by atoms with Gasteiger partial charge in [0.15, 0.2) is 6.10 Å². The molecule has 0 bridgehead atoms. The molecule has 0 aliphatic carbocycles. The molecule has 1 aromatic rings. The molecule has 2 atom stereocenters. The van der Waals surface area contributed by atoms with Gasteiger partial charge in [0.1, 0.15) is 5.75 Å². The van der Waals surface area contributed by atoms with Gasteiger partial charge in [0.2, 0.25) is 10.0 Å². The highest BCUT2D eigenvalue weighted by molar-refractivity contribution is 7.89. The maximum atomic E-state index is 12.1. The van der Waals surface area contributed by atoms with Gasteiger partial charge in [-0.2, -0.15) is 0 Å². The average Bonchev–Trinajstić information content (AvgIpc) is 2.88. The van der Waals surface area contributed by atoms with Crippen LogP contribution < -0.4 is 9.46 Å². The van der Waals surface area contributed by atoms with E-state index in [1.165, 1.54) is 25.3 Å². The van der Waals surface area contributed by atoms with Crippen LogP contribution in [0, 0.1) is 0 Å². The summed E-state index contributed by atoms with van der Waals surface area (Å²) in [5, 5.41) is 8.92. The van der Waals surface area contributed by atoms with Crippen LogP contribution in [0.1, 0.15) is 12.5 Å². The van der Waals surface area contributed by atoms with Crippen LogP contribution in [0.4, 0.5) is 0 Å². The number of benzene rings is 1. The third kappa shape index (κ3) is 3.52. The first-order valence-corrected chi connectivity index (χ1v) is 7.86. The van der Waals surface area contributed by atoms with Crippen LogP contribution in [0.15, 0.2) is 23.1 Å². The number of hydrogen-bond acceptors (Lipinski definition) is 5. The van der Waals surface area contributed by atoms with Crippen LogP contribution in [-0.4, -0.2) is 45.4 Å². The minimum absolute atomic E-state index is 0.0826. The van der Waals surface area contributed by atoms with Gasteiger partial charge in [0, 0.05) is 20.1 Å². The zero-order valence-electron chi connectivity index (χ0n) is 11.7. The molecule has 0 fully saturated rings. The number of sulfonamides is 1. The van der Waals surface area contributed by atoms with Crippen molar-refractivity contribution in [1.82, 2.24) is 4.72 Å². The summed E-state index contributed by atoms with van der Waals surface area (Å²) in [6.45, 7) is 1.90. The summed E-state index contributed by atoms with van der Waals surface area (Å²) in [5.74, 6) is -0.658. The molecule has 1 aliphatic rings. The van der Waals surface area contributed by atoms with Gasteiger partial charge in [-0.3, -0.25) is 0 Å². The zero-order chi connectivity index (χ0) is 15.6. The van der Waals surface area contributed by atoms with E-state index >= 15 is 0 Å². The highest BCUT2D eigenvalue weighted by atomic mass is 32.2. The second kappa shape index (κ2) is 6.00. The van der Waals surface area contributed by atoms with Crippen molar-refractivity contribution in [1.29, 1.82) is 0 Å². The molecule has 1 aromatic carbocycles. The van der Waals surface area contributed by atoms with E-state index in [-0.39, 0.29) is 24.0 Å². The summed E-state index contributed by atoms with van der Waals surface area (Å²) < 4.78 is 36.9. The average molecular weight is 315 g/mol. The molecule has 0 saturated heterocycles. The highest BCUT2D eigenvalue weighted by Gasteiger charge is 2.30. The van der Waals surface area contributed by atoms with Gasteiger partial charge in [0.05, 0.1) is 11.0 Å². The van der Waals surface area contributed by atoms with Crippen molar-refractivity contribution in [3.05, 3.63) is 23.8 Å². The summed E-state index contributed by atoms with van der Waals surface area (Å²) in [4.78, 5) is 11.0. The first-order valence-electron chi connectivity index (χ1n) is 6.38. The van der Waals surface area contributed by atoms with E-state index < -0.39 is 22.1 Å². The maximum Gasteiger partial charge on any atom is 0.345 e. The molecular formula is C13H17NO6S. The Morgan fingerprint density at radius 3 is 2.90 bits per heavy atom. The smallest absolute Gasteiger partial charge is 0.345 e. The predicted molar refractivity (Wildman–Crippen MR) is 73.9 cm³/mol. The van der Waals surface area contributed by atoms with Crippen LogP contribution in [0.25, 0.3) is 0 Å². The Kier molecular flexibility index (Phi) is 4.50. The van der Waals surface area contributed by atoms with E-state index in [2.05, 4.69) is 4.72 Å². The lowest BCUT2D eigenvalue weighted by atomic mass is 10.1. The Hall–Kier alpha value is -1.64. The summed E-state index contributed by atoms with van der Waals surface area (Å²) >= 11 is 0. The Morgan fingerprint density at radius 1 is 1.57 bits per heavy atom. The van der Waals surface area contributed by atoms with E-state index in [1.807, 2.05) is 0 Å². The third-order valence-corrected chi connectivity index (χ3v) is 4.68. The van der Waals surface area contributed by atoms with Crippen molar-refractivity contribution in [3.8, 4) is 5.75 Å². The molecule has 116 valence electrons. The van der Waals surface area contributed by atoms with Crippen molar-refractivity contribution < 1.29 is 27.8 Å². The van der Waals surface area contributed by atoms with Crippen molar-refractivity contribution in [2.24, 2.45) is 0 Å². The minimum atomic E-state index is -3.66. The molecule has 0 saturated carbocycles. The lowest BCUT2D eigenvalue weighted by Crippen LogP contribution is -2.31. The van der Waals surface area contributed by atoms with E-state index in [4.69, 9.17) is 14.6 Å². The fourth-order valence-corrected chi connectivity index (χ4v) is 3.09. The van der Waals surface area contributed by atoms with E-state index in [0.29, 0.717) is 11.3 Å². The van der Waals surface area contributed by atoms with Crippen LogP contribution in [-0.2, 0) is 26.0 Å². The number of aliphatic carboxylic acids is 1. The van der Waals surface area contributed by atoms with Crippen molar-refractivity contribution in [2.75, 3.05) is 13.7 Å². The van der Waals surface area contributed by atoms with E-state index in [1.54, 1.807) is 6.92 Å². The largest absolute Gasteiger partial charge is 0.478 e. The molecular weight excluding hydrogens is 298 g/mol. The van der Waals surface area contributed by atoms with E-state index in [0.717, 1.165) is 0 Å². The van der Waals surface area contributed by atoms with Crippen LogP contribution >= 0.6 is 0 Å². The molecule has 0 aromatic heterocycles. The number of carbonyl (C=O) groups is 1. The second-order valence-corrected chi connectivity index (χ2v) is 6.58. The standard InChI is InChI=1S/C13H17NO6S/c1-8(19-2)7-14-21(17,18)10-3-4-11-9(5-10)6-12(20-11)13(15)16/h3-5,8,12,14H,6-7H2,1-2H3,(H,15,16)/t8-,12?/m0/s1. The molecule has 7 nitrogen and oxygen atoms in total. The fraction of sp³-hybridized carbons (Fsp3) is 0.462. The molecule has 0 spiro atoms. The number of carboxylic acids is 1. The Balaban J connectivity index is 2.16. The van der Waals surface area contributed by atoms with Crippen molar-refractivity contribution >= 4 is 16.0 Å². The summed E-state index contributed by atoms with van der Waals surface area (Å²) in [7, 11) is -2.16. The molecule has 2 rings (SSSR count). The molecule has 1 unspecified atom stereocenters. The molecule has 21 heavy (non-hydrogen) atoms. The molecule has 1 aliphatic heterocycles.